The largest absolute Gasteiger partial charge is 0.494 e. The third kappa shape index (κ3) is 1.90. The quantitative estimate of drug-likeness (QED) is 0.747. The molecule has 0 saturated carbocycles. The molecular formula is C10H11FO3. The van der Waals surface area contributed by atoms with Crippen molar-refractivity contribution in [2.75, 3.05) is 7.11 Å². The number of aliphatic hydroxyl groups is 1. The van der Waals surface area contributed by atoms with Crippen LogP contribution < -0.4 is 4.74 Å². The average molecular weight is 198 g/mol. The number of aliphatic hydroxyl groups excluding tert-OH is 1. The Morgan fingerprint density at radius 1 is 1.57 bits per heavy atom. The number of rotatable bonds is 3. The Morgan fingerprint density at radius 2 is 2.21 bits per heavy atom. The van der Waals surface area contributed by atoms with Crippen molar-refractivity contribution in [3.05, 3.63) is 29.6 Å². The molecule has 1 N–H and O–H groups in total. The van der Waals surface area contributed by atoms with Gasteiger partial charge in [-0.1, -0.05) is 6.07 Å². The summed E-state index contributed by atoms with van der Waals surface area (Å²) in [6, 6.07) is 4.22. The van der Waals surface area contributed by atoms with E-state index in [4.69, 9.17) is 9.84 Å². The monoisotopic (exact) mass is 198 g/mol. The molecular weight excluding hydrogens is 187 g/mol. The second-order valence-electron chi connectivity index (χ2n) is 2.86. The van der Waals surface area contributed by atoms with Gasteiger partial charge in [0, 0.05) is 0 Å². The van der Waals surface area contributed by atoms with E-state index in [-0.39, 0.29) is 11.3 Å². The van der Waals surface area contributed by atoms with Gasteiger partial charge in [-0.3, -0.25) is 4.79 Å². The van der Waals surface area contributed by atoms with E-state index in [0.29, 0.717) is 0 Å². The van der Waals surface area contributed by atoms with E-state index in [0.717, 1.165) is 0 Å². The fraction of sp³-hybridized carbons (Fsp3) is 0.300. The molecule has 1 atom stereocenters. The van der Waals surface area contributed by atoms with Crippen LogP contribution in [0.2, 0.25) is 0 Å². The Morgan fingerprint density at radius 3 is 2.71 bits per heavy atom. The highest BCUT2D eigenvalue weighted by Crippen LogP contribution is 2.20. The fourth-order valence-electron chi connectivity index (χ4n) is 1.08. The number of methoxy groups -OCH3 is 1. The molecule has 0 amide bonds. The van der Waals surface area contributed by atoms with Crippen LogP contribution in [-0.2, 0) is 0 Å². The number of Topliss-reactive ketones (excluding diaryl/α,β-unsaturated/α-hetero) is 1. The number of carbonyl (C=O) groups excluding carboxylic acids is 1. The molecule has 0 spiro atoms. The topological polar surface area (TPSA) is 46.5 Å². The van der Waals surface area contributed by atoms with Crippen LogP contribution in [0.3, 0.4) is 0 Å². The highest BCUT2D eigenvalue weighted by molar-refractivity contribution is 5.99. The summed E-state index contributed by atoms with van der Waals surface area (Å²) in [7, 11) is 1.31. The first kappa shape index (κ1) is 10.7. The number of ketones is 1. The molecule has 0 heterocycles. The van der Waals surface area contributed by atoms with E-state index >= 15 is 0 Å². The average Bonchev–Trinajstić information content (AvgIpc) is 2.17. The molecule has 14 heavy (non-hydrogen) atoms. The van der Waals surface area contributed by atoms with Crippen molar-refractivity contribution in [2.45, 2.75) is 13.0 Å². The number of benzene rings is 1. The Labute approximate surface area is 81.1 Å². The van der Waals surface area contributed by atoms with Crippen LogP contribution in [0, 0.1) is 5.82 Å². The normalized spacial score (nSPS) is 12.3. The Balaban J connectivity index is 3.16. The lowest BCUT2D eigenvalue weighted by atomic mass is 10.1. The molecule has 0 saturated heterocycles. The number of halogens is 1. The molecule has 4 heteroatoms. The van der Waals surface area contributed by atoms with Crippen LogP contribution in [0.5, 0.6) is 5.75 Å². The Hall–Kier alpha value is -1.42. The minimum absolute atomic E-state index is 0.00324. The highest BCUT2D eigenvalue weighted by Gasteiger charge is 2.18. The van der Waals surface area contributed by atoms with Crippen LogP contribution in [0.15, 0.2) is 18.2 Å². The fourth-order valence-corrected chi connectivity index (χ4v) is 1.08. The molecule has 0 aliphatic carbocycles. The van der Waals surface area contributed by atoms with E-state index in [9.17, 15) is 9.18 Å². The first-order valence-corrected chi connectivity index (χ1v) is 4.12. The van der Waals surface area contributed by atoms with Crippen molar-refractivity contribution in [3.8, 4) is 5.75 Å². The molecule has 1 rings (SSSR count). The molecule has 0 fully saturated rings. The zero-order valence-corrected chi connectivity index (χ0v) is 7.95. The second-order valence-corrected chi connectivity index (χ2v) is 2.86. The number of carbonyl (C=O) groups is 1. The number of ether oxygens (including phenoxy) is 1. The smallest absolute Gasteiger partial charge is 0.194 e. The molecule has 0 aliphatic rings. The summed E-state index contributed by atoms with van der Waals surface area (Å²) in [5.41, 5.74) is -0.153. The Kier molecular flexibility index (Phi) is 3.19. The maximum Gasteiger partial charge on any atom is 0.194 e. The third-order valence-corrected chi connectivity index (χ3v) is 1.83. The first-order chi connectivity index (χ1) is 6.57. The van der Waals surface area contributed by atoms with Gasteiger partial charge in [0.2, 0.25) is 0 Å². The van der Waals surface area contributed by atoms with E-state index < -0.39 is 17.7 Å². The number of hydrogen-bond donors (Lipinski definition) is 1. The maximum atomic E-state index is 13.4. The van der Waals surface area contributed by atoms with Crippen LogP contribution in [0.25, 0.3) is 0 Å². The van der Waals surface area contributed by atoms with E-state index in [1.165, 1.54) is 32.2 Å². The third-order valence-electron chi connectivity index (χ3n) is 1.83. The van der Waals surface area contributed by atoms with Gasteiger partial charge in [-0.2, -0.15) is 0 Å². The zero-order chi connectivity index (χ0) is 10.7. The molecule has 1 aromatic carbocycles. The predicted octanol–water partition coefficient (Wildman–Crippen LogP) is 1.40. The van der Waals surface area contributed by atoms with E-state index in [1.807, 2.05) is 0 Å². The molecule has 0 radical (unpaired) electrons. The number of hydrogen-bond acceptors (Lipinski definition) is 3. The van der Waals surface area contributed by atoms with Gasteiger partial charge in [-0.25, -0.2) is 4.39 Å². The predicted molar refractivity (Wildman–Crippen MR) is 49.0 cm³/mol. The summed E-state index contributed by atoms with van der Waals surface area (Å²) >= 11 is 0. The van der Waals surface area contributed by atoms with Crippen molar-refractivity contribution < 1.29 is 19.0 Å². The van der Waals surface area contributed by atoms with Crippen LogP contribution >= 0.6 is 0 Å². The molecule has 76 valence electrons. The second kappa shape index (κ2) is 4.19. The summed E-state index contributed by atoms with van der Waals surface area (Å²) in [4.78, 5) is 11.3. The van der Waals surface area contributed by atoms with Crippen molar-refractivity contribution in [3.63, 3.8) is 0 Å². The molecule has 0 aliphatic heterocycles. The van der Waals surface area contributed by atoms with Gasteiger partial charge in [0.1, 0.15) is 6.10 Å². The summed E-state index contributed by atoms with van der Waals surface area (Å²) < 4.78 is 18.1. The van der Waals surface area contributed by atoms with Crippen LogP contribution in [0.1, 0.15) is 17.3 Å². The molecule has 0 bridgehead atoms. The van der Waals surface area contributed by atoms with Crippen molar-refractivity contribution in [2.24, 2.45) is 0 Å². The maximum absolute atomic E-state index is 13.4. The summed E-state index contributed by atoms with van der Waals surface area (Å²) in [6.45, 7) is 1.29. The lowest BCUT2D eigenvalue weighted by molar-refractivity contribution is 0.0774. The van der Waals surface area contributed by atoms with Crippen LogP contribution in [0.4, 0.5) is 4.39 Å². The van der Waals surface area contributed by atoms with Gasteiger partial charge in [0.05, 0.1) is 12.7 Å². The zero-order valence-electron chi connectivity index (χ0n) is 7.95. The van der Waals surface area contributed by atoms with Gasteiger partial charge in [0.15, 0.2) is 17.3 Å². The minimum Gasteiger partial charge on any atom is -0.494 e. The molecule has 0 aromatic heterocycles. The summed E-state index contributed by atoms with van der Waals surface area (Å²) in [5, 5.41) is 9.01. The molecule has 1 unspecified atom stereocenters. The van der Waals surface area contributed by atoms with Gasteiger partial charge in [-0.15, -0.1) is 0 Å². The van der Waals surface area contributed by atoms with Gasteiger partial charge < -0.3 is 9.84 Å². The lowest BCUT2D eigenvalue weighted by Crippen LogP contribution is -2.17. The summed E-state index contributed by atoms with van der Waals surface area (Å²) in [6.07, 6.45) is -1.21. The summed E-state index contributed by atoms with van der Waals surface area (Å²) in [5.74, 6) is -1.39. The van der Waals surface area contributed by atoms with Crippen molar-refractivity contribution in [1.29, 1.82) is 0 Å². The van der Waals surface area contributed by atoms with Gasteiger partial charge in [0.25, 0.3) is 0 Å². The van der Waals surface area contributed by atoms with Crippen molar-refractivity contribution in [1.82, 2.24) is 0 Å². The van der Waals surface area contributed by atoms with Gasteiger partial charge >= 0.3 is 0 Å². The lowest BCUT2D eigenvalue weighted by Gasteiger charge is -2.07. The standard InChI is InChI=1S/C10H11FO3/c1-6(12)10(13)7-4-3-5-8(14-2)9(7)11/h3-6,12H,1-2H3. The van der Waals surface area contributed by atoms with Crippen LogP contribution in [-0.4, -0.2) is 24.1 Å². The van der Waals surface area contributed by atoms with E-state index in [2.05, 4.69) is 0 Å². The molecule has 3 nitrogen and oxygen atoms in total. The minimum atomic E-state index is -1.21. The van der Waals surface area contributed by atoms with Gasteiger partial charge in [-0.05, 0) is 19.1 Å². The first-order valence-electron chi connectivity index (χ1n) is 4.12. The SMILES string of the molecule is COc1cccc(C(=O)C(C)O)c1F. The Bertz CT molecular complexity index is 347. The van der Waals surface area contributed by atoms with E-state index in [1.54, 1.807) is 0 Å². The highest BCUT2D eigenvalue weighted by atomic mass is 19.1. The molecule has 1 aromatic rings. The van der Waals surface area contributed by atoms with Crippen molar-refractivity contribution >= 4 is 5.78 Å².